The molecule has 0 saturated carbocycles. The lowest BCUT2D eigenvalue weighted by Crippen LogP contribution is -1.89. The van der Waals surface area contributed by atoms with E-state index in [0.29, 0.717) is 15.6 Å². The maximum Gasteiger partial charge on any atom is 0.128 e. The maximum atomic E-state index is 8.91. The molecule has 0 spiro atoms. The van der Waals surface area contributed by atoms with E-state index in [1.54, 1.807) is 0 Å². The molecule has 2 nitrogen and oxygen atoms in total. The largest absolute Gasteiger partial charge is 0.396 e. The summed E-state index contributed by atoms with van der Waals surface area (Å²) < 4.78 is 0. The number of nitrogens with zero attached hydrogens (tertiary/aromatic N) is 1. The van der Waals surface area contributed by atoms with Gasteiger partial charge in [-0.2, -0.15) is 5.26 Å². The van der Waals surface area contributed by atoms with Gasteiger partial charge in [0.2, 0.25) is 0 Å². The third kappa shape index (κ3) is 1.78. The van der Waals surface area contributed by atoms with Crippen LogP contribution in [0.15, 0.2) is 24.3 Å². The molecule has 0 fully saturated rings. The van der Waals surface area contributed by atoms with Crippen molar-refractivity contribution in [2.45, 2.75) is 6.92 Å². The first kappa shape index (κ1) is 11.0. The second-order valence-electron chi connectivity index (χ2n) is 3.40. The van der Waals surface area contributed by atoms with Crippen molar-refractivity contribution in [3.05, 3.63) is 39.0 Å². The van der Waals surface area contributed by atoms with Gasteiger partial charge in [0, 0.05) is 15.5 Å². The predicted octanol–water partition coefficient (Wildman–Crippen LogP) is 3.83. The van der Waals surface area contributed by atoms with Gasteiger partial charge in [0.1, 0.15) is 10.9 Å². The summed E-state index contributed by atoms with van der Waals surface area (Å²) in [5.41, 5.74) is 8.37. The van der Waals surface area contributed by atoms with Crippen molar-refractivity contribution in [1.82, 2.24) is 0 Å². The molecule has 0 radical (unpaired) electrons. The zero-order valence-electron chi connectivity index (χ0n) is 8.62. The van der Waals surface area contributed by atoms with Crippen molar-refractivity contribution >= 4 is 28.6 Å². The van der Waals surface area contributed by atoms with Crippen LogP contribution >= 0.6 is 22.9 Å². The van der Waals surface area contributed by atoms with Gasteiger partial charge in [-0.05, 0) is 24.6 Å². The molecule has 1 aromatic carbocycles. The fourth-order valence-electron chi connectivity index (χ4n) is 1.65. The smallest absolute Gasteiger partial charge is 0.128 e. The van der Waals surface area contributed by atoms with Crippen LogP contribution < -0.4 is 5.73 Å². The number of anilines is 1. The summed E-state index contributed by atoms with van der Waals surface area (Å²) in [5, 5.41) is 9.58. The van der Waals surface area contributed by atoms with Gasteiger partial charge < -0.3 is 5.73 Å². The number of benzene rings is 1. The van der Waals surface area contributed by atoms with Crippen LogP contribution in [0.3, 0.4) is 0 Å². The Balaban J connectivity index is 2.65. The second-order valence-corrected chi connectivity index (χ2v) is 5.06. The Bertz CT molecular complexity index is 581. The van der Waals surface area contributed by atoms with Crippen molar-refractivity contribution < 1.29 is 0 Å². The molecule has 16 heavy (non-hydrogen) atoms. The van der Waals surface area contributed by atoms with E-state index >= 15 is 0 Å². The summed E-state index contributed by atoms with van der Waals surface area (Å²) in [6.45, 7) is 1.96. The van der Waals surface area contributed by atoms with Crippen LogP contribution in [0.2, 0.25) is 5.02 Å². The summed E-state index contributed by atoms with van der Waals surface area (Å²) in [4.78, 5) is 1.60. The van der Waals surface area contributed by atoms with Crippen LogP contribution in [0, 0.1) is 18.3 Å². The average Bonchev–Trinajstić information content (AvgIpc) is 2.53. The summed E-state index contributed by atoms with van der Waals surface area (Å²) in [7, 11) is 0. The minimum Gasteiger partial charge on any atom is -0.396 e. The Morgan fingerprint density at radius 2 is 2.19 bits per heavy atom. The van der Waals surface area contributed by atoms with E-state index in [0.717, 1.165) is 16.0 Å². The number of aryl methyl sites for hydroxylation is 1. The quantitative estimate of drug-likeness (QED) is 0.834. The molecule has 0 amide bonds. The topological polar surface area (TPSA) is 49.8 Å². The molecule has 2 aromatic rings. The highest BCUT2D eigenvalue weighted by Crippen LogP contribution is 2.38. The van der Waals surface area contributed by atoms with Crippen molar-refractivity contribution in [3.8, 4) is 17.2 Å². The molecule has 0 aliphatic carbocycles. The Kier molecular flexibility index (Phi) is 2.86. The molecule has 2 N–H and O–H groups in total. The lowest BCUT2D eigenvalue weighted by molar-refractivity contribution is 1.52. The number of hydrogen-bond acceptors (Lipinski definition) is 3. The minimum atomic E-state index is 0.548. The van der Waals surface area contributed by atoms with E-state index in [4.69, 9.17) is 22.6 Å². The van der Waals surface area contributed by atoms with Crippen LogP contribution in [-0.2, 0) is 0 Å². The zero-order chi connectivity index (χ0) is 11.7. The van der Waals surface area contributed by atoms with Gasteiger partial charge in [-0.1, -0.05) is 23.7 Å². The number of nitrogen functional groups attached to an aromatic ring is 1. The maximum absolute atomic E-state index is 8.91. The molecule has 80 valence electrons. The van der Waals surface area contributed by atoms with Crippen LogP contribution in [0.1, 0.15) is 9.75 Å². The number of halogens is 1. The zero-order valence-corrected chi connectivity index (χ0v) is 10.2. The molecular formula is C12H9ClN2S. The standard InChI is InChI=1S/C12H9ClN2S/c1-7-11(12(15)10(6-14)16-7)8-3-2-4-9(13)5-8/h2-5H,15H2,1H3. The van der Waals surface area contributed by atoms with Gasteiger partial charge >= 0.3 is 0 Å². The Morgan fingerprint density at radius 3 is 2.75 bits per heavy atom. The van der Waals surface area contributed by atoms with Crippen molar-refractivity contribution in [1.29, 1.82) is 5.26 Å². The second kappa shape index (κ2) is 4.17. The first-order chi connectivity index (χ1) is 7.63. The Morgan fingerprint density at radius 1 is 1.44 bits per heavy atom. The van der Waals surface area contributed by atoms with Crippen LogP contribution in [0.25, 0.3) is 11.1 Å². The van der Waals surface area contributed by atoms with Crippen molar-refractivity contribution in [2.24, 2.45) is 0 Å². The van der Waals surface area contributed by atoms with E-state index in [1.165, 1.54) is 11.3 Å². The normalized spacial score (nSPS) is 10.1. The van der Waals surface area contributed by atoms with Gasteiger partial charge in [0.05, 0.1) is 5.69 Å². The number of nitriles is 1. The summed E-state index contributed by atoms with van der Waals surface area (Å²) in [5.74, 6) is 0. The van der Waals surface area contributed by atoms with E-state index in [1.807, 2.05) is 31.2 Å². The van der Waals surface area contributed by atoms with E-state index < -0.39 is 0 Å². The lowest BCUT2D eigenvalue weighted by atomic mass is 10.0. The number of hydrogen-bond donors (Lipinski definition) is 1. The van der Waals surface area contributed by atoms with Gasteiger partial charge in [0.15, 0.2) is 0 Å². The van der Waals surface area contributed by atoms with Crippen molar-refractivity contribution in [2.75, 3.05) is 5.73 Å². The summed E-state index contributed by atoms with van der Waals surface area (Å²) in [6.07, 6.45) is 0. The summed E-state index contributed by atoms with van der Waals surface area (Å²) in [6, 6.07) is 9.59. The number of rotatable bonds is 1. The SMILES string of the molecule is Cc1sc(C#N)c(N)c1-c1cccc(Cl)c1. The molecule has 1 heterocycles. The third-order valence-corrected chi connectivity index (χ3v) is 3.60. The highest BCUT2D eigenvalue weighted by atomic mass is 35.5. The van der Waals surface area contributed by atoms with Gasteiger partial charge in [-0.3, -0.25) is 0 Å². The third-order valence-electron chi connectivity index (χ3n) is 2.34. The molecule has 0 bridgehead atoms. The minimum absolute atomic E-state index is 0.548. The van der Waals surface area contributed by atoms with Crippen LogP contribution in [0.4, 0.5) is 5.69 Å². The Labute approximate surface area is 103 Å². The number of nitrogens with two attached hydrogens (primary N) is 1. The lowest BCUT2D eigenvalue weighted by Gasteiger charge is -2.02. The predicted molar refractivity (Wildman–Crippen MR) is 68.6 cm³/mol. The molecule has 4 heteroatoms. The first-order valence-corrected chi connectivity index (χ1v) is 5.88. The monoisotopic (exact) mass is 248 g/mol. The molecule has 0 atom stereocenters. The molecule has 2 rings (SSSR count). The molecule has 0 saturated heterocycles. The summed E-state index contributed by atoms with van der Waals surface area (Å²) >= 11 is 7.35. The van der Waals surface area contributed by atoms with Crippen molar-refractivity contribution in [3.63, 3.8) is 0 Å². The van der Waals surface area contributed by atoms with E-state index in [-0.39, 0.29) is 0 Å². The van der Waals surface area contributed by atoms with E-state index in [9.17, 15) is 0 Å². The van der Waals surface area contributed by atoms with Crippen LogP contribution in [0.5, 0.6) is 0 Å². The number of thiophene rings is 1. The first-order valence-electron chi connectivity index (χ1n) is 4.68. The fourth-order valence-corrected chi connectivity index (χ4v) is 2.73. The molecule has 0 unspecified atom stereocenters. The van der Waals surface area contributed by atoms with E-state index in [2.05, 4.69) is 6.07 Å². The molecular weight excluding hydrogens is 240 g/mol. The molecule has 1 aromatic heterocycles. The van der Waals surface area contributed by atoms with Gasteiger partial charge in [0.25, 0.3) is 0 Å². The molecule has 0 aliphatic heterocycles. The average molecular weight is 249 g/mol. The Hall–Kier alpha value is -1.50. The highest BCUT2D eigenvalue weighted by molar-refractivity contribution is 7.13. The highest BCUT2D eigenvalue weighted by Gasteiger charge is 2.14. The molecule has 0 aliphatic rings. The fraction of sp³-hybridized carbons (Fsp3) is 0.0833. The van der Waals surface area contributed by atoms with Gasteiger partial charge in [-0.25, -0.2) is 0 Å². The van der Waals surface area contributed by atoms with Crippen LogP contribution in [-0.4, -0.2) is 0 Å². The van der Waals surface area contributed by atoms with Gasteiger partial charge in [-0.15, -0.1) is 11.3 Å².